The Morgan fingerprint density at radius 3 is 2.50 bits per heavy atom. The Morgan fingerprint density at radius 2 is 1.72 bits per heavy atom. The topological polar surface area (TPSA) is 41.5 Å². The van der Waals surface area contributed by atoms with E-state index in [1.807, 2.05) is 12.3 Å². The van der Waals surface area contributed by atoms with Gasteiger partial charge in [-0.15, -0.1) is 0 Å². The van der Waals surface area contributed by atoms with Crippen molar-refractivity contribution < 1.29 is 4.74 Å². The molecule has 2 aliphatic rings. The molecule has 2 aliphatic heterocycles. The molecule has 2 fully saturated rings. The minimum Gasteiger partial charge on any atom is -0.378 e. The molecule has 0 aliphatic carbocycles. The van der Waals surface area contributed by atoms with Gasteiger partial charge in [-0.05, 0) is 25.3 Å². The maximum absolute atomic E-state index is 5.36. The third kappa shape index (κ3) is 2.56. The monoisotopic (exact) mass is 248 g/mol. The van der Waals surface area contributed by atoms with Crippen molar-refractivity contribution in [3.8, 4) is 0 Å². The summed E-state index contributed by atoms with van der Waals surface area (Å²) in [7, 11) is 0. The third-order valence-electron chi connectivity index (χ3n) is 3.60. The first-order chi connectivity index (χ1) is 8.93. The lowest BCUT2D eigenvalue weighted by Gasteiger charge is -2.30. The average molecular weight is 248 g/mol. The van der Waals surface area contributed by atoms with Gasteiger partial charge >= 0.3 is 0 Å². The molecular weight excluding hydrogens is 228 g/mol. The van der Waals surface area contributed by atoms with Gasteiger partial charge in [-0.2, -0.15) is 4.98 Å². The molecule has 0 atom stereocenters. The minimum atomic E-state index is 0.775. The Kier molecular flexibility index (Phi) is 3.59. The summed E-state index contributed by atoms with van der Waals surface area (Å²) in [4.78, 5) is 13.7. The van der Waals surface area contributed by atoms with Crippen molar-refractivity contribution in [2.75, 3.05) is 49.2 Å². The summed E-state index contributed by atoms with van der Waals surface area (Å²) < 4.78 is 5.36. The molecule has 0 saturated carbocycles. The molecule has 0 aromatic carbocycles. The molecule has 0 radical (unpaired) electrons. The highest BCUT2D eigenvalue weighted by Crippen LogP contribution is 2.19. The van der Waals surface area contributed by atoms with Crippen molar-refractivity contribution in [1.29, 1.82) is 0 Å². The van der Waals surface area contributed by atoms with Gasteiger partial charge in [0.25, 0.3) is 0 Å². The van der Waals surface area contributed by atoms with Crippen molar-refractivity contribution >= 4 is 11.8 Å². The second kappa shape index (κ2) is 5.52. The van der Waals surface area contributed by atoms with Crippen molar-refractivity contribution in [1.82, 2.24) is 9.97 Å². The van der Waals surface area contributed by atoms with Gasteiger partial charge < -0.3 is 14.5 Å². The molecule has 0 spiro atoms. The van der Waals surface area contributed by atoms with Gasteiger partial charge in [-0.1, -0.05) is 0 Å². The second-order valence-electron chi connectivity index (χ2n) is 4.86. The molecule has 98 valence electrons. The first-order valence-corrected chi connectivity index (χ1v) is 6.84. The Bertz CT molecular complexity index is 353. The number of anilines is 2. The highest BCUT2D eigenvalue weighted by Gasteiger charge is 2.17. The maximum atomic E-state index is 5.36. The van der Waals surface area contributed by atoms with Crippen molar-refractivity contribution in [3.63, 3.8) is 0 Å². The van der Waals surface area contributed by atoms with Crippen molar-refractivity contribution in [2.45, 2.75) is 19.3 Å². The van der Waals surface area contributed by atoms with E-state index in [0.717, 1.165) is 51.2 Å². The van der Waals surface area contributed by atoms with E-state index in [0.29, 0.717) is 0 Å². The number of hydrogen-bond acceptors (Lipinski definition) is 5. The molecule has 5 nitrogen and oxygen atoms in total. The van der Waals surface area contributed by atoms with Gasteiger partial charge in [0.1, 0.15) is 5.82 Å². The largest absolute Gasteiger partial charge is 0.378 e. The normalized spacial score (nSPS) is 21.1. The van der Waals surface area contributed by atoms with Crippen LogP contribution in [-0.2, 0) is 4.74 Å². The SMILES string of the molecule is c1cc(N2CCCCC2)nc(N2CCOCC2)n1. The fraction of sp³-hybridized carbons (Fsp3) is 0.692. The fourth-order valence-corrected chi connectivity index (χ4v) is 2.55. The molecule has 2 saturated heterocycles. The van der Waals surface area contributed by atoms with Crippen molar-refractivity contribution in [2.24, 2.45) is 0 Å². The van der Waals surface area contributed by atoms with E-state index in [1.165, 1.54) is 19.3 Å². The molecule has 0 N–H and O–H groups in total. The van der Waals surface area contributed by atoms with E-state index < -0.39 is 0 Å². The summed E-state index contributed by atoms with van der Waals surface area (Å²) in [6.07, 6.45) is 5.77. The van der Waals surface area contributed by atoms with Gasteiger partial charge in [-0.25, -0.2) is 4.98 Å². The Labute approximate surface area is 108 Å². The molecule has 0 amide bonds. The number of ether oxygens (including phenoxy) is 1. The molecule has 5 heteroatoms. The van der Waals surface area contributed by atoms with Crippen LogP contribution in [0.15, 0.2) is 12.3 Å². The van der Waals surface area contributed by atoms with Gasteiger partial charge in [0.15, 0.2) is 0 Å². The highest BCUT2D eigenvalue weighted by molar-refractivity contribution is 5.44. The van der Waals surface area contributed by atoms with Crippen LogP contribution in [0.1, 0.15) is 19.3 Å². The van der Waals surface area contributed by atoms with Crippen LogP contribution >= 0.6 is 0 Å². The van der Waals surface area contributed by atoms with E-state index in [2.05, 4.69) is 14.8 Å². The number of aromatic nitrogens is 2. The molecule has 1 aromatic rings. The van der Waals surface area contributed by atoms with E-state index in [9.17, 15) is 0 Å². The Hall–Kier alpha value is -1.36. The lowest BCUT2D eigenvalue weighted by molar-refractivity contribution is 0.122. The van der Waals surface area contributed by atoms with Gasteiger partial charge in [0.2, 0.25) is 5.95 Å². The maximum Gasteiger partial charge on any atom is 0.227 e. The first kappa shape index (κ1) is 11.7. The number of morpholine rings is 1. The van der Waals surface area contributed by atoms with Crippen LogP contribution in [0.4, 0.5) is 11.8 Å². The third-order valence-corrected chi connectivity index (χ3v) is 3.60. The van der Waals surface area contributed by atoms with Gasteiger partial charge in [-0.3, -0.25) is 0 Å². The van der Waals surface area contributed by atoms with E-state index in [-0.39, 0.29) is 0 Å². The Balaban J connectivity index is 1.75. The molecule has 18 heavy (non-hydrogen) atoms. The van der Waals surface area contributed by atoms with Crippen LogP contribution in [0.3, 0.4) is 0 Å². The zero-order valence-corrected chi connectivity index (χ0v) is 10.7. The summed E-state index contributed by atoms with van der Waals surface area (Å²) in [5.74, 6) is 1.92. The summed E-state index contributed by atoms with van der Waals surface area (Å²) in [6.45, 7) is 5.58. The highest BCUT2D eigenvalue weighted by atomic mass is 16.5. The summed E-state index contributed by atoms with van der Waals surface area (Å²) in [6, 6.07) is 2.02. The molecule has 0 unspecified atom stereocenters. The molecule has 3 rings (SSSR count). The van der Waals surface area contributed by atoms with Crippen LogP contribution in [-0.4, -0.2) is 49.4 Å². The quantitative estimate of drug-likeness (QED) is 0.789. The zero-order valence-electron chi connectivity index (χ0n) is 10.7. The Morgan fingerprint density at radius 1 is 0.944 bits per heavy atom. The predicted octanol–water partition coefficient (Wildman–Crippen LogP) is 1.30. The van der Waals surface area contributed by atoms with Crippen LogP contribution < -0.4 is 9.80 Å². The van der Waals surface area contributed by atoms with Crippen LogP contribution in [0.2, 0.25) is 0 Å². The predicted molar refractivity (Wildman–Crippen MR) is 71.1 cm³/mol. The van der Waals surface area contributed by atoms with E-state index in [1.54, 1.807) is 0 Å². The lowest BCUT2D eigenvalue weighted by atomic mass is 10.1. The van der Waals surface area contributed by atoms with Gasteiger partial charge in [0.05, 0.1) is 13.2 Å². The number of hydrogen-bond donors (Lipinski definition) is 0. The average Bonchev–Trinajstić information content (AvgIpc) is 2.49. The minimum absolute atomic E-state index is 0.775. The molecule has 1 aromatic heterocycles. The summed E-state index contributed by atoms with van der Waals surface area (Å²) in [5.41, 5.74) is 0. The summed E-state index contributed by atoms with van der Waals surface area (Å²) in [5, 5.41) is 0. The first-order valence-electron chi connectivity index (χ1n) is 6.84. The van der Waals surface area contributed by atoms with Crippen LogP contribution in [0.5, 0.6) is 0 Å². The molecule has 0 bridgehead atoms. The zero-order chi connectivity index (χ0) is 12.2. The standard InChI is InChI=1S/C13H20N4O/c1-2-6-16(7-3-1)12-4-5-14-13(15-12)17-8-10-18-11-9-17/h4-5H,1-3,6-11H2. The molecule has 3 heterocycles. The van der Waals surface area contributed by atoms with Crippen LogP contribution in [0, 0.1) is 0 Å². The van der Waals surface area contributed by atoms with Crippen molar-refractivity contribution in [3.05, 3.63) is 12.3 Å². The summed E-state index contributed by atoms with van der Waals surface area (Å²) >= 11 is 0. The fourth-order valence-electron chi connectivity index (χ4n) is 2.55. The second-order valence-corrected chi connectivity index (χ2v) is 4.86. The number of piperidine rings is 1. The molecular formula is C13H20N4O. The van der Waals surface area contributed by atoms with Gasteiger partial charge in [0, 0.05) is 32.4 Å². The van der Waals surface area contributed by atoms with E-state index in [4.69, 9.17) is 9.72 Å². The van der Waals surface area contributed by atoms with Crippen LogP contribution in [0.25, 0.3) is 0 Å². The lowest BCUT2D eigenvalue weighted by Crippen LogP contribution is -2.38. The van der Waals surface area contributed by atoms with E-state index >= 15 is 0 Å². The number of nitrogens with zero attached hydrogens (tertiary/aromatic N) is 4. The smallest absolute Gasteiger partial charge is 0.227 e. The number of rotatable bonds is 2.